The van der Waals surface area contributed by atoms with Crippen molar-refractivity contribution in [3.8, 4) is 0 Å². The number of benzene rings is 2. The van der Waals surface area contributed by atoms with Crippen LogP contribution in [0.5, 0.6) is 0 Å². The zero-order valence-corrected chi connectivity index (χ0v) is 19.2. The molecule has 7 N–H and O–H groups in total. The van der Waals surface area contributed by atoms with Crippen molar-refractivity contribution >= 4 is 47.4 Å². The summed E-state index contributed by atoms with van der Waals surface area (Å²) in [5, 5.41) is 11.3. The average molecular weight is 500 g/mol. The number of carboxylic acids is 1. The number of aryl methyl sites for hydroxylation is 1. The summed E-state index contributed by atoms with van der Waals surface area (Å²) in [5.74, 6) is -1.68. The summed E-state index contributed by atoms with van der Waals surface area (Å²) < 4.78 is 12.9. The van der Waals surface area contributed by atoms with E-state index in [0.717, 1.165) is 0 Å². The Bertz CT molecular complexity index is 1540. The van der Waals surface area contributed by atoms with E-state index in [-0.39, 0.29) is 5.56 Å². The van der Waals surface area contributed by atoms with E-state index in [4.69, 9.17) is 15.5 Å². The fourth-order valence-corrected chi connectivity index (χ4v) is 4.38. The number of aromatic amines is 1. The number of fused-ring (bicyclic) bond motifs is 2. The molecule has 0 aliphatic heterocycles. The Balaban J connectivity index is 1.58. The Hall–Kier alpha value is -4.06. The highest BCUT2D eigenvalue weighted by Gasteiger charge is 2.29. The van der Waals surface area contributed by atoms with Gasteiger partial charge < -0.3 is 35.5 Å². The number of nitrogens with two attached hydrogens (primary N) is 1. The Morgan fingerprint density at radius 2 is 1.80 bits per heavy atom. The first-order valence-corrected chi connectivity index (χ1v) is 12.0. The molecule has 0 saturated heterocycles. The number of carbonyl (C=O) groups is 3. The molecule has 0 unspecified atom stereocenters. The number of amides is 2. The number of H-pyrrole nitrogens is 1. The zero-order valence-electron chi connectivity index (χ0n) is 18.3. The maximum Gasteiger partial charge on any atom is 0.328 e. The Kier molecular flexibility index (Phi) is 6.15. The van der Waals surface area contributed by atoms with Crippen molar-refractivity contribution in [2.75, 3.05) is 6.16 Å². The Morgan fingerprint density at radius 1 is 1.11 bits per heavy atom. The van der Waals surface area contributed by atoms with Gasteiger partial charge in [-0.3, -0.25) is 14.2 Å². The molecule has 2 heterocycles. The molecular weight excluding hydrogens is 479 g/mol. The summed E-state index contributed by atoms with van der Waals surface area (Å²) in [7, 11) is -2.92. The second-order valence-corrected chi connectivity index (χ2v) is 9.65. The van der Waals surface area contributed by atoms with Crippen molar-refractivity contribution < 1.29 is 33.8 Å². The van der Waals surface area contributed by atoms with Crippen LogP contribution in [0.15, 0.2) is 36.4 Å². The van der Waals surface area contributed by atoms with Crippen molar-refractivity contribution in [3.05, 3.63) is 59.2 Å². The fourth-order valence-electron chi connectivity index (χ4n) is 3.65. The molecule has 182 valence electrons. The third kappa shape index (κ3) is 5.22. The lowest BCUT2D eigenvalue weighted by atomic mass is 10.1. The van der Waals surface area contributed by atoms with Gasteiger partial charge in [-0.05, 0) is 36.4 Å². The van der Waals surface area contributed by atoms with Crippen molar-refractivity contribution in [3.63, 3.8) is 0 Å². The quantitative estimate of drug-likeness (QED) is 0.186. The minimum atomic E-state index is -4.66. The maximum atomic E-state index is 12.6. The molecule has 13 nitrogen and oxygen atoms in total. The van der Waals surface area contributed by atoms with Crippen LogP contribution < -0.4 is 11.1 Å². The van der Waals surface area contributed by atoms with Crippen LogP contribution in [0.25, 0.3) is 22.1 Å². The Morgan fingerprint density at radius 3 is 2.46 bits per heavy atom. The van der Waals surface area contributed by atoms with E-state index >= 15 is 0 Å². The highest BCUT2D eigenvalue weighted by Crippen LogP contribution is 2.35. The lowest BCUT2D eigenvalue weighted by Gasteiger charge is -2.15. The van der Waals surface area contributed by atoms with Crippen molar-refractivity contribution in [2.24, 2.45) is 12.8 Å². The van der Waals surface area contributed by atoms with Crippen LogP contribution >= 0.6 is 7.60 Å². The number of nitrogens with one attached hydrogen (secondary N) is 2. The molecule has 0 aliphatic carbocycles. The first-order chi connectivity index (χ1) is 16.4. The molecule has 14 heteroatoms. The molecule has 0 aliphatic rings. The number of nitrogens with zero attached hydrogens (tertiary/aromatic N) is 3. The molecule has 35 heavy (non-hydrogen) atoms. The van der Waals surface area contributed by atoms with Gasteiger partial charge >= 0.3 is 13.6 Å². The normalized spacial score (nSPS) is 12.7. The summed E-state index contributed by atoms with van der Waals surface area (Å²) in [4.78, 5) is 65.6. The monoisotopic (exact) mass is 500 g/mol. The van der Waals surface area contributed by atoms with E-state index in [1.165, 1.54) is 12.1 Å². The molecule has 0 bridgehead atoms. The Labute approximate surface area is 197 Å². The minimum absolute atomic E-state index is 0.103. The zero-order chi connectivity index (χ0) is 25.5. The van der Waals surface area contributed by atoms with Crippen LogP contribution in [0.1, 0.15) is 32.4 Å². The summed E-state index contributed by atoms with van der Waals surface area (Å²) in [5.41, 5.74) is 8.25. The number of aliphatic carboxylic acids is 1. The molecule has 0 fully saturated rings. The van der Waals surface area contributed by atoms with Crippen molar-refractivity contribution in [1.82, 2.24) is 24.8 Å². The van der Waals surface area contributed by atoms with Gasteiger partial charge in [-0.1, -0.05) is 0 Å². The predicted molar refractivity (Wildman–Crippen MR) is 124 cm³/mol. The largest absolute Gasteiger partial charge is 0.480 e. The number of hydrogen-bond donors (Lipinski definition) is 6. The molecule has 0 spiro atoms. The van der Waals surface area contributed by atoms with Gasteiger partial charge in [0.2, 0.25) is 5.91 Å². The molecular formula is C21H21N6O7P. The smallest absolute Gasteiger partial charge is 0.328 e. The number of rotatable bonds is 8. The second kappa shape index (κ2) is 8.95. The van der Waals surface area contributed by atoms with Gasteiger partial charge in [0.05, 0.1) is 34.6 Å². The highest BCUT2D eigenvalue weighted by atomic mass is 31.2. The number of imidazole rings is 2. The topological polar surface area (TPSA) is 214 Å². The molecule has 0 saturated carbocycles. The van der Waals surface area contributed by atoms with Crippen LogP contribution in [-0.4, -0.2) is 64.4 Å². The van der Waals surface area contributed by atoms with Gasteiger partial charge in [0.1, 0.15) is 17.7 Å². The van der Waals surface area contributed by atoms with Crippen LogP contribution in [0, 0.1) is 0 Å². The number of carboxylic acid groups (broad SMARTS) is 1. The lowest BCUT2D eigenvalue weighted by Crippen LogP contribution is -2.43. The van der Waals surface area contributed by atoms with E-state index in [1.807, 2.05) is 0 Å². The van der Waals surface area contributed by atoms with Crippen LogP contribution in [0.4, 0.5) is 0 Å². The summed E-state index contributed by atoms with van der Waals surface area (Å²) in [6.07, 6.45) is -0.707. The van der Waals surface area contributed by atoms with Crippen LogP contribution in [-0.2, 0) is 22.8 Å². The third-order valence-corrected chi connectivity index (χ3v) is 6.24. The van der Waals surface area contributed by atoms with Crippen LogP contribution in [0.2, 0.25) is 0 Å². The van der Waals surface area contributed by atoms with E-state index < -0.39 is 37.6 Å². The number of carbonyl (C=O) groups excluding carboxylic acids is 2. The molecule has 0 radical (unpaired) electrons. The standard InChI is InChI=1S/C21H21N6O7P/c1-27-16-7-11(20(29)26-15(21(30)31)9-35(32,33)34)3-5-13(16)25-18(27)8-17-23-12-4-2-10(19(22)28)6-14(12)24-17/h2-7,15H,8-9H2,1H3,(H2,22,28)(H,23,24)(H,26,29)(H,30,31)(H2,32,33,34)/t15-/m0/s1. The summed E-state index contributed by atoms with van der Waals surface area (Å²) in [6, 6.07) is 7.68. The van der Waals surface area contributed by atoms with Gasteiger partial charge in [0.25, 0.3) is 5.91 Å². The molecule has 2 aromatic carbocycles. The number of aromatic nitrogens is 4. The first-order valence-electron chi connectivity index (χ1n) is 10.2. The van der Waals surface area contributed by atoms with Gasteiger partial charge in [0.15, 0.2) is 0 Å². The SMILES string of the molecule is Cn1c(Cc2nc3ccc(C(N)=O)cc3[nH]2)nc2ccc(C(=O)N[C@@H](CP(=O)(O)O)C(=O)O)cc21. The van der Waals surface area contributed by atoms with Crippen molar-refractivity contribution in [1.29, 1.82) is 0 Å². The highest BCUT2D eigenvalue weighted by molar-refractivity contribution is 7.51. The molecule has 4 rings (SSSR count). The van der Waals surface area contributed by atoms with E-state index in [0.29, 0.717) is 45.7 Å². The predicted octanol–water partition coefficient (Wildman–Crippen LogP) is 0.500. The first kappa shape index (κ1) is 24.1. The summed E-state index contributed by atoms with van der Waals surface area (Å²) in [6.45, 7) is 0. The fraction of sp³-hybridized carbons (Fsp3) is 0.190. The van der Waals surface area contributed by atoms with Gasteiger partial charge in [-0.15, -0.1) is 0 Å². The van der Waals surface area contributed by atoms with E-state index in [9.17, 15) is 24.1 Å². The van der Waals surface area contributed by atoms with Crippen molar-refractivity contribution in [2.45, 2.75) is 12.5 Å². The van der Waals surface area contributed by atoms with Gasteiger partial charge in [-0.25, -0.2) is 14.8 Å². The molecule has 1 atom stereocenters. The number of hydrogen-bond acceptors (Lipinski definition) is 6. The van der Waals surface area contributed by atoms with Crippen LogP contribution in [0.3, 0.4) is 0 Å². The minimum Gasteiger partial charge on any atom is -0.480 e. The van der Waals surface area contributed by atoms with Gasteiger partial charge in [0, 0.05) is 18.2 Å². The van der Waals surface area contributed by atoms with E-state index in [1.54, 1.807) is 35.9 Å². The lowest BCUT2D eigenvalue weighted by molar-refractivity contribution is -0.138. The molecule has 2 amide bonds. The maximum absolute atomic E-state index is 12.6. The third-order valence-electron chi connectivity index (χ3n) is 5.40. The summed E-state index contributed by atoms with van der Waals surface area (Å²) >= 11 is 0. The van der Waals surface area contributed by atoms with E-state index in [2.05, 4.69) is 20.3 Å². The molecule has 4 aromatic rings. The molecule has 2 aromatic heterocycles. The second-order valence-electron chi connectivity index (χ2n) is 7.96. The average Bonchev–Trinajstić information content (AvgIpc) is 3.31. The number of primary amides is 1. The van der Waals surface area contributed by atoms with Gasteiger partial charge in [-0.2, -0.15) is 0 Å².